The highest BCUT2D eigenvalue weighted by Gasteiger charge is 2.44. The van der Waals surface area contributed by atoms with E-state index in [1.165, 1.54) is 12.3 Å². The molecule has 0 spiro atoms. The van der Waals surface area contributed by atoms with Crippen molar-refractivity contribution >= 4 is 11.7 Å². The number of likely N-dealkylation sites (tertiary alicyclic amines) is 1. The van der Waals surface area contributed by atoms with Gasteiger partial charge in [-0.3, -0.25) is 9.59 Å². The summed E-state index contributed by atoms with van der Waals surface area (Å²) in [4.78, 5) is 30.3. The third kappa shape index (κ3) is 4.61. The molecule has 1 fully saturated rings. The minimum absolute atomic E-state index is 0.0166. The van der Waals surface area contributed by atoms with Gasteiger partial charge in [0.05, 0.1) is 31.1 Å². The number of carbonyl (C=O) groups excluding carboxylic acids is 2. The van der Waals surface area contributed by atoms with E-state index in [0.717, 1.165) is 25.9 Å². The molecule has 4 rings (SSSR count). The quantitative estimate of drug-likeness (QED) is 0.547. The molecule has 0 saturated carbocycles. The largest absolute Gasteiger partial charge is 0.503 e. The first kappa shape index (κ1) is 22.9. The molecule has 1 atom stereocenters. The van der Waals surface area contributed by atoms with E-state index in [4.69, 9.17) is 13.9 Å². The summed E-state index contributed by atoms with van der Waals surface area (Å²) in [5, 5.41) is 10.8. The molecule has 1 aromatic carbocycles. The van der Waals surface area contributed by atoms with Crippen molar-refractivity contribution in [2.75, 3.05) is 39.4 Å². The van der Waals surface area contributed by atoms with Crippen LogP contribution in [0.4, 0.5) is 0 Å². The van der Waals surface area contributed by atoms with Crippen molar-refractivity contribution in [3.8, 4) is 11.5 Å². The van der Waals surface area contributed by atoms with Gasteiger partial charge in [0.1, 0.15) is 0 Å². The summed E-state index contributed by atoms with van der Waals surface area (Å²) in [7, 11) is 0. The highest BCUT2D eigenvalue weighted by atomic mass is 16.5. The zero-order valence-corrected chi connectivity index (χ0v) is 19.1. The fraction of sp³-hybridized carbons (Fsp3) is 0.440. The predicted octanol–water partition coefficient (Wildman–Crippen LogP) is 3.75. The first-order valence-electron chi connectivity index (χ1n) is 11.5. The Bertz CT molecular complexity index is 1020. The number of rotatable bonds is 10. The molecule has 0 bridgehead atoms. The number of ketones is 1. The zero-order valence-electron chi connectivity index (χ0n) is 19.1. The number of aliphatic hydroxyl groups is 1. The molecule has 1 N–H and O–H groups in total. The Morgan fingerprint density at radius 1 is 1.09 bits per heavy atom. The van der Waals surface area contributed by atoms with Gasteiger partial charge < -0.3 is 28.8 Å². The van der Waals surface area contributed by atoms with Crippen LogP contribution < -0.4 is 9.47 Å². The zero-order chi connectivity index (χ0) is 23.4. The third-order valence-corrected chi connectivity index (χ3v) is 6.03. The molecule has 8 heteroatoms. The average molecular weight is 455 g/mol. The van der Waals surface area contributed by atoms with Crippen LogP contribution in [0.5, 0.6) is 11.5 Å². The van der Waals surface area contributed by atoms with Crippen LogP contribution in [-0.2, 0) is 4.79 Å². The SMILES string of the molecule is CCOc1ccc(C2C(C(=O)c3ccco3)=C(O)C(=O)N2CCN2CCCC2)cc1OCC. The van der Waals surface area contributed by atoms with Gasteiger partial charge >= 0.3 is 0 Å². The number of benzene rings is 1. The van der Waals surface area contributed by atoms with E-state index in [1.54, 1.807) is 23.1 Å². The summed E-state index contributed by atoms with van der Waals surface area (Å²) in [5.74, 6) is -0.406. The van der Waals surface area contributed by atoms with Gasteiger partial charge in [0.15, 0.2) is 23.0 Å². The molecule has 33 heavy (non-hydrogen) atoms. The summed E-state index contributed by atoms with van der Waals surface area (Å²) in [6.07, 6.45) is 3.67. The molecule has 0 aliphatic carbocycles. The standard InChI is InChI=1S/C25H30N2O6/c1-3-31-18-10-9-17(16-20(18)32-4-2)22-21(23(28)19-8-7-15-33-19)24(29)25(30)27(22)14-13-26-11-5-6-12-26/h7-10,15-16,22,29H,3-6,11-14H2,1-2H3. The summed E-state index contributed by atoms with van der Waals surface area (Å²) in [6.45, 7) is 7.72. The maximum absolute atomic E-state index is 13.3. The number of Topliss-reactive ketones (excluding diaryl/α,β-unsaturated/α-hetero) is 1. The van der Waals surface area contributed by atoms with Gasteiger partial charge in [-0.2, -0.15) is 0 Å². The first-order chi connectivity index (χ1) is 16.0. The van der Waals surface area contributed by atoms with E-state index in [0.29, 0.717) is 43.4 Å². The topological polar surface area (TPSA) is 92.5 Å². The Hall–Kier alpha value is -3.26. The molecule has 2 aromatic rings. The summed E-state index contributed by atoms with van der Waals surface area (Å²) in [6, 6.07) is 7.74. The fourth-order valence-corrected chi connectivity index (χ4v) is 4.50. The Labute approximate surface area is 193 Å². The Balaban J connectivity index is 1.73. The molecule has 176 valence electrons. The summed E-state index contributed by atoms with van der Waals surface area (Å²) >= 11 is 0. The van der Waals surface area contributed by atoms with Crippen molar-refractivity contribution in [1.29, 1.82) is 0 Å². The molecule has 1 saturated heterocycles. The van der Waals surface area contributed by atoms with Crippen molar-refractivity contribution in [1.82, 2.24) is 9.80 Å². The lowest BCUT2D eigenvalue weighted by atomic mass is 9.94. The Morgan fingerprint density at radius 3 is 2.48 bits per heavy atom. The third-order valence-electron chi connectivity index (χ3n) is 6.03. The number of nitrogens with zero attached hydrogens (tertiary/aromatic N) is 2. The minimum atomic E-state index is -0.757. The molecule has 8 nitrogen and oxygen atoms in total. The van der Waals surface area contributed by atoms with E-state index in [-0.39, 0.29) is 11.3 Å². The van der Waals surface area contributed by atoms with E-state index in [9.17, 15) is 14.7 Å². The van der Waals surface area contributed by atoms with E-state index in [2.05, 4.69) is 4.90 Å². The van der Waals surface area contributed by atoms with Crippen LogP contribution in [0.1, 0.15) is 48.8 Å². The number of hydrogen-bond donors (Lipinski definition) is 1. The second-order valence-corrected chi connectivity index (χ2v) is 8.09. The van der Waals surface area contributed by atoms with E-state index < -0.39 is 23.5 Å². The number of aliphatic hydroxyl groups excluding tert-OH is 1. The van der Waals surface area contributed by atoms with Gasteiger partial charge in [0, 0.05) is 13.1 Å². The van der Waals surface area contributed by atoms with Crippen LogP contribution in [0.2, 0.25) is 0 Å². The highest BCUT2D eigenvalue weighted by Crippen LogP contribution is 2.41. The van der Waals surface area contributed by atoms with Crippen molar-refractivity contribution < 1.29 is 28.6 Å². The fourth-order valence-electron chi connectivity index (χ4n) is 4.50. The molecular formula is C25H30N2O6. The number of amides is 1. The van der Waals surface area contributed by atoms with Crippen LogP contribution in [0.15, 0.2) is 52.3 Å². The lowest BCUT2D eigenvalue weighted by Crippen LogP contribution is -2.38. The first-order valence-corrected chi connectivity index (χ1v) is 11.5. The van der Waals surface area contributed by atoms with Crippen LogP contribution >= 0.6 is 0 Å². The maximum atomic E-state index is 13.3. The molecule has 1 unspecified atom stereocenters. The van der Waals surface area contributed by atoms with E-state index >= 15 is 0 Å². The van der Waals surface area contributed by atoms with Gasteiger partial charge in [-0.15, -0.1) is 0 Å². The average Bonchev–Trinajstić information content (AvgIpc) is 3.57. The normalized spacial score (nSPS) is 18.9. The predicted molar refractivity (Wildman–Crippen MR) is 122 cm³/mol. The van der Waals surface area contributed by atoms with Crippen molar-refractivity contribution in [2.45, 2.75) is 32.7 Å². The maximum Gasteiger partial charge on any atom is 0.290 e. The smallest absolute Gasteiger partial charge is 0.290 e. The second kappa shape index (κ2) is 10.1. The van der Waals surface area contributed by atoms with Gasteiger partial charge in [-0.25, -0.2) is 0 Å². The van der Waals surface area contributed by atoms with E-state index in [1.807, 2.05) is 19.9 Å². The number of carbonyl (C=O) groups is 2. The highest BCUT2D eigenvalue weighted by molar-refractivity contribution is 6.15. The lowest BCUT2D eigenvalue weighted by molar-refractivity contribution is -0.129. The molecule has 1 amide bonds. The Kier molecular flexibility index (Phi) is 7.03. The van der Waals surface area contributed by atoms with Crippen molar-refractivity contribution in [2.24, 2.45) is 0 Å². The number of ether oxygens (including phenoxy) is 2. The molecule has 2 aliphatic rings. The lowest BCUT2D eigenvalue weighted by Gasteiger charge is -2.29. The summed E-state index contributed by atoms with van der Waals surface area (Å²) in [5.41, 5.74) is 0.679. The van der Waals surface area contributed by atoms with Crippen LogP contribution in [0.3, 0.4) is 0 Å². The monoisotopic (exact) mass is 454 g/mol. The minimum Gasteiger partial charge on any atom is -0.503 e. The summed E-state index contributed by atoms with van der Waals surface area (Å²) < 4.78 is 16.7. The van der Waals surface area contributed by atoms with Gasteiger partial charge in [-0.05, 0) is 69.6 Å². The number of hydrogen-bond acceptors (Lipinski definition) is 7. The van der Waals surface area contributed by atoms with Crippen LogP contribution in [-0.4, -0.2) is 66.0 Å². The van der Waals surface area contributed by atoms with Crippen molar-refractivity contribution in [3.63, 3.8) is 0 Å². The molecule has 1 aromatic heterocycles. The van der Waals surface area contributed by atoms with Gasteiger partial charge in [0.25, 0.3) is 5.91 Å². The van der Waals surface area contributed by atoms with Crippen LogP contribution in [0.25, 0.3) is 0 Å². The number of furan rings is 1. The van der Waals surface area contributed by atoms with Crippen molar-refractivity contribution in [3.05, 3.63) is 59.3 Å². The van der Waals surface area contributed by atoms with Gasteiger partial charge in [-0.1, -0.05) is 6.07 Å². The molecule has 2 aliphatic heterocycles. The molecular weight excluding hydrogens is 424 g/mol. The van der Waals surface area contributed by atoms with Gasteiger partial charge in [0.2, 0.25) is 5.78 Å². The molecule has 0 radical (unpaired) electrons. The molecule has 3 heterocycles. The second-order valence-electron chi connectivity index (χ2n) is 8.09. The van der Waals surface area contributed by atoms with Crippen LogP contribution in [0, 0.1) is 0 Å². The Morgan fingerprint density at radius 2 is 1.82 bits per heavy atom.